The van der Waals surface area contributed by atoms with Crippen LogP contribution in [0, 0.1) is 0 Å². The molecule has 0 aliphatic rings. The Morgan fingerprint density at radius 3 is 2.52 bits per heavy atom. The van der Waals surface area contributed by atoms with Crippen LogP contribution in [0.5, 0.6) is 0 Å². The summed E-state index contributed by atoms with van der Waals surface area (Å²) in [6, 6.07) is 10.9. The SMILES string of the molecule is CN(C)Cc1ccc(-c2c[nH]c3ncc(-c4cnn(C)c4)cc23)cc1. The summed E-state index contributed by atoms with van der Waals surface area (Å²) in [6.45, 7) is 0.945. The summed E-state index contributed by atoms with van der Waals surface area (Å²) < 4.78 is 1.81. The highest BCUT2D eigenvalue weighted by atomic mass is 15.2. The summed E-state index contributed by atoms with van der Waals surface area (Å²) >= 11 is 0. The van der Waals surface area contributed by atoms with E-state index in [1.165, 1.54) is 16.7 Å². The van der Waals surface area contributed by atoms with Gasteiger partial charge in [0.05, 0.1) is 6.20 Å². The Labute approximate surface area is 146 Å². The number of aromatic nitrogens is 4. The van der Waals surface area contributed by atoms with Gasteiger partial charge in [-0.05, 0) is 31.3 Å². The van der Waals surface area contributed by atoms with Gasteiger partial charge in [0, 0.05) is 54.3 Å². The van der Waals surface area contributed by atoms with E-state index in [0.717, 1.165) is 28.7 Å². The van der Waals surface area contributed by atoms with Crippen LogP contribution in [0.25, 0.3) is 33.3 Å². The fourth-order valence-corrected chi connectivity index (χ4v) is 3.13. The molecule has 1 aromatic carbocycles. The van der Waals surface area contributed by atoms with Crippen LogP contribution in [-0.2, 0) is 13.6 Å². The standard InChI is InChI=1S/C20H21N5/c1-24(2)12-14-4-6-15(7-5-14)19-11-22-20-18(19)8-16(9-21-20)17-10-23-25(3)13-17/h4-11,13H,12H2,1-3H3,(H,21,22). The first-order valence-electron chi connectivity index (χ1n) is 8.30. The van der Waals surface area contributed by atoms with E-state index in [1.807, 2.05) is 31.8 Å². The second kappa shape index (κ2) is 6.18. The summed E-state index contributed by atoms with van der Waals surface area (Å²) in [5.41, 5.74) is 6.72. The smallest absolute Gasteiger partial charge is 0.137 e. The molecule has 0 spiro atoms. The van der Waals surface area contributed by atoms with Gasteiger partial charge in [0.2, 0.25) is 0 Å². The summed E-state index contributed by atoms with van der Waals surface area (Å²) in [6.07, 6.45) is 7.79. The fourth-order valence-electron chi connectivity index (χ4n) is 3.13. The summed E-state index contributed by atoms with van der Waals surface area (Å²) in [4.78, 5) is 10.0. The quantitative estimate of drug-likeness (QED) is 0.620. The van der Waals surface area contributed by atoms with Crippen molar-refractivity contribution in [2.75, 3.05) is 14.1 Å². The van der Waals surface area contributed by atoms with Gasteiger partial charge in [-0.2, -0.15) is 5.10 Å². The molecule has 0 saturated heterocycles. The minimum absolute atomic E-state index is 0.903. The number of nitrogens with zero attached hydrogens (tertiary/aromatic N) is 4. The minimum atomic E-state index is 0.903. The van der Waals surface area contributed by atoms with Crippen molar-refractivity contribution in [2.24, 2.45) is 7.05 Å². The van der Waals surface area contributed by atoms with Gasteiger partial charge in [-0.25, -0.2) is 4.98 Å². The van der Waals surface area contributed by atoms with Gasteiger partial charge in [-0.3, -0.25) is 4.68 Å². The number of fused-ring (bicyclic) bond motifs is 1. The van der Waals surface area contributed by atoms with Crippen LogP contribution in [0.15, 0.2) is 55.1 Å². The second-order valence-electron chi connectivity index (χ2n) is 6.66. The Balaban J connectivity index is 1.74. The maximum atomic E-state index is 4.57. The number of rotatable bonds is 4. The second-order valence-corrected chi connectivity index (χ2v) is 6.66. The van der Waals surface area contributed by atoms with E-state index in [4.69, 9.17) is 0 Å². The Morgan fingerprint density at radius 2 is 1.84 bits per heavy atom. The molecule has 0 atom stereocenters. The molecule has 0 amide bonds. The first-order chi connectivity index (χ1) is 12.1. The topological polar surface area (TPSA) is 49.7 Å². The maximum absolute atomic E-state index is 4.57. The van der Waals surface area contributed by atoms with Crippen molar-refractivity contribution in [2.45, 2.75) is 6.54 Å². The molecule has 1 N–H and O–H groups in total. The monoisotopic (exact) mass is 331 g/mol. The van der Waals surface area contributed by atoms with E-state index in [1.54, 1.807) is 4.68 Å². The van der Waals surface area contributed by atoms with Crippen LogP contribution in [0.2, 0.25) is 0 Å². The van der Waals surface area contributed by atoms with Crippen molar-refractivity contribution in [3.8, 4) is 22.3 Å². The van der Waals surface area contributed by atoms with Crippen molar-refractivity contribution in [3.63, 3.8) is 0 Å². The van der Waals surface area contributed by atoms with Crippen LogP contribution in [0.3, 0.4) is 0 Å². The van der Waals surface area contributed by atoms with Crippen molar-refractivity contribution in [1.82, 2.24) is 24.6 Å². The number of hydrogen-bond acceptors (Lipinski definition) is 3. The molecule has 0 bridgehead atoms. The zero-order valence-corrected chi connectivity index (χ0v) is 14.7. The van der Waals surface area contributed by atoms with E-state index in [9.17, 15) is 0 Å². The van der Waals surface area contributed by atoms with E-state index in [-0.39, 0.29) is 0 Å². The first kappa shape index (κ1) is 15.6. The van der Waals surface area contributed by atoms with Crippen molar-refractivity contribution in [3.05, 3.63) is 60.7 Å². The third-order valence-electron chi connectivity index (χ3n) is 4.33. The third-order valence-corrected chi connectivity index (χ3v) is 4.33. The van der Waals surface area contributed by atoms with Gasteiger partial charge in [-0.1, -0.05) is 24.3 Å². The Bertz CT molecular complexity index is 1010. The Kier molecular flexibility index (Phi) is 3.86. The summed E-state index contributed by atoms with van der Waals surface area (Å²) in [7, 11) is 6.09. The number of hydrogen-bond donors (Lipinski definition) is 1. The molecular weight excluding hydrogens is 310 g/mol. The lowest BCUT2D eigenvalue weighted by Crippen LogP contribution is -2.10. The minimum Gasteiger partial charge on any atom is -0.346 e. The summed E-state index contributed by atoms with van der Waals surface area (Å²) in [5, 5.41) is 5.38. The number of pyridine rings is 1. The normalized spacial score (nSPS) is 11.5. The molecule has 25 heavy (non-hydrogen) atoms. The van der Waals surface area contributed by atoms with E-state index >= 15 is 0 Å². The molecule has 0 saturated carbocycles. The van der Waals surface area contributed by atoms with Crippen LogP contribution in [0.1, 0.15) is 5.56 Å². The van der Waals surface area contributed by atoms with Gasteiger partial charge >= 0.3 is 0 Å². The average molecular weight is 331 g/mol. The molecule has 3 aromatic heterocycles. The molecule has 126 valence electrons. The van der Waals surface area contributed by atoms with Gasteiger partial charge in [0.25, 0.3) is 0 Å². The molecule has 0 aliphatic heterocycles. The van der Waals surface area contributed by atoms with E-state index in [0.29, 0.717) is 0 Å². The van der Waals surface area contributed by atoms with Gasteiger partial charge in [-0.15, -0.1) is 0 Å². The van der Waals surface area contributed by atoms with Crippen molar-refractivity contribution >= 4 is 11.0 Å². The van der Waals surface area contributed by atoms with Crippen molar-refractivity contribution < 1.29 is 0 Å². The molecule has 0 unspecified atom stereocenters. The number of H-pyrrole nitrogens is 1. The van der Waals surface area contributed by atoms with Crippen molar-refractivity contribution in [1.29, 1.82) is 0 Å². The van der Waals surface area contributed by atoms with Crippen LogP contribution in [-0.4, -0.2) is 38.7 Å². The Hall–Kier alpha value is -2.92. The molecule has 0 fully saturated rings. The molecular formula is C20H21N5. The van der Waals surface area contributed by atoms with Gasteiger partial charge in [0.1, 0.15) is 5.65 Å². The predicted molar refractivity (Wildman–Crippen MR) is 101 cm³/mol. The highest BCUT2D eigenvalue weighted by Crippen LogP contribution is 2.31. The van der Waals surface area contributed by atoms with Crippen LogP contribution < -0.4 is 0 Å². The molecule has 5 heteroatoms. The lowest BCUT2D eigenvalue weighted by molar-refractivity contribution is 0.402. The van der Waals surface area contributed by atoms with E-state index < -0.39 is 0 Å². The zero-order valence-electron chi connectivity index (χ0n) is 14.7. The van der Waals surface area contributed by atoms with Crippen LogP contribution in [0.4, 0.5) is 0 Å². The highest BCUT2D eigenvalue weighted by molar-refractivity contribution is 5.95. The number of nitrogens with one attached hydrogen (secondary N) is 1. The highest BCUT2D eigenvalue weighted by Gasteiger charge is 2.10. The molecule has 4 rings (SSSR count). The predicted octanol–water partition coefficient (Wildman–Crippen LogP) is 3.69. The lowest BCUT2D eigenvalue weighted by atomic mass is 10.0. The molecule has 0 aliphatic carbocycles. The number of benzene rings is 1. The lowest BCUT2D eigenvalue weighted by Gasteiger charge is -2.10. The third kappa shape index (κ3) is 3.06. The number of aromatic amines is 1. The van der Waals surface area contributed by atoms with Gasteiger partial charge < -0.3 is 9.88 Å². The summed E-state index contributed by atoms with van der Waals surface area (Å²) in [5.74, 6) is 0. The fraction of sp³-hybridized carbons (Fsp3) is 0.200. The average Bonchev–Trinajstić information content (AvgIpc) is 3.21. The van der Waals surface area contributed by atoms with E-state index in [2.05, 4.69) is 64.4 Å². The number of aryl methyl sites for hydroxylation is 1. The first-order valence-corrected chi connectivity index (χ1v) is 8.30. The molecule has 4 aromatic rings. The molecule has 3 heterocycles. The molecule has 5 nitrogen and oxygen atoms in total. The van der Waals surface area contributed by atoms with Crippen LogP contribution >= 0.6 is 0 Å². The zero-order chi connectivity index (χ0) is 17.4. The van der Waals surface area contributed by atoms with Gasteiger partial charge in [0.15, 0.2) is 0 Å². The largest absolute Gasteiger partial charge is 0.346 e. The Morgan fingerprint density at radius 1 is 1.04 bits per heavy atom. The molecule has 0 radical (unpaired) electrons. The maximum Gasteiger partial charge on any atom is 0.137 e.